The van der Waals surface area contributed by atoms with E-state index in [1.165, 1.54) is 44.9 Å². The van der Waals surface area contributed by atoms with Gasteiger partial charge < -0.3 is 20.1 Å². The topological polar surface area (TPSA) is 134 Å². The van der Waals surface area contributed by atoms with E-state index in [2.05, 4.69) is 62.5 Å². The summed E-state index contributed by atoms with van der Waals surface area (Å²) in [7, 11) is -4.38. The molecule has 0 aliphatic rings. The average molecular weight is 670 g/mol. The quantitative estimate of drug-likeness (QED) is 0.0311. The highest BCUT2D eigenvalue weighted by Gasteiger charge is 2.25. The van der Waals surface area contributed by atoms with Crippen LogP contribution in [0.5, 0.6) is 0 Å². The van der Waals surface area contributed by atoms with E-state index in [9.17, 15) is 19.0 Å². The average Bonchev–Trinajstić information content (AvgIpc) is 3.04. The number of nitrogens with two attached hydrogens (primary N) is 1. The van der Waals surface area contributed by atoms with Gasteiger partial charge in [0.05, 0.1) is 13.2 Å². The minimum atomic E-state index is -4.38. The van der Waals surface area contributed by atoms with Crippen LogP contribution in [0, 0.1) is 0 Å². The lowest BCUT2D eigenvalue weighted by Gasteiger charge is -2.19. The molecule has 2 atom stereocenters. The first-order chi connectivity index (χ1) is 22.3. The predicted octanol–water partition coefficient (Wildman–Crippen LogP) is 9.21. The highest BCUT2D eigenvalue weighted by atomic mass is 31.2. The van der Waals surface area contributed by atoms with Gasteiger partial charge in [-0.05, 0) is 51.4 Å². The minimum absolute atomic E-state index is 0.0454. The van der Waals surface area contributed by atoms with Gasteiger partial charge in [-0.2, -0.15) is 0 Å². The van der Waals surface area contributed by atoms with Crippen molar-refractivity contribution in [1.29, 1.82) is 0 Å². The van der Waals surface area contributed by atoms with E-state index in [-0.39, 0.29) is 32.6 Å². The second-order valence-electron chi connectivity index (χ2n) is 11.4. The van der Waals surface area contributed by atoms with Gasteiger partial charge in [0, 0.05) is 19.4 Å². The zero-order chi connectivity index (χ0) is 34.0. The Labute approximate surface area is 279 Å². The maximum Gasteiger partial charge on any atom is 0.472 e. The van der Waals surface area contributed by atoms with E-state index in [1.807, 2.05) is 0 Å². The molecule has 0 radical (unpaired) electrons. The van der Waals surface area contributed by atoms with Crippen molar-refractivity contribution < 1.29 is 37.6 Å². The van der Waals surface area contributed by atoms with Gasteiger partial charge in [-0.1, -0.05) is 120 Å². The van der Waals surface area contributed by atoms with Crippen molar-refractivity contribution in [2.45, 2.75) is 142 Å². The third-order valence-corrected chi connectivity index (χ3v) is 7.96. The van der Waals surface area contributed by atoms with E-state index < -0.39 is 32.5 Å². The summed E-state index contributed by atoms with van der Waals surface area (Å²) in [5.41, 5.74) is 5.31. The Balaban J connectivity index is 4.36. The zero-order valence-electron chi connectivity index (χ0n) is 28.8. The van der Waals surface area contributed by atoms with Crippen molar-refractivity contribution in [1.82, 2.24) is 0 Å². The Hall–Kier alpha value is -2.03. The normalized spacial score (nSPS) is 14.1. The summed E-state index contributed by atoms with van der Waals surface area (Å²) < 4.78 is 32.5. The molecule has 266 valence electrons. The van der Waals surface area contributed by atoms with Crippen LogP contribution in [0.3, 0.4) is 0 Å². The highest BCUT2D eigenvalue weighted by molar-refractivity contribution is 7.47. The van der Waals surface area contributed by atoms with Gasteiger partial charge in [0.25, 0.3) is 0 Å². The van der Waals surface area contributed by atoms with Gasteiger partial charge >= 0.3 is 19.8 Å². The molecule has 3 N–H and O–H groups in total. The molecule has 0 aliphatic heterocycles. The summed E-state index contributed by atoms with van der Waals surface area (Å²) in [6.45, 7) is 3.52. The lowest BCUT2D eigenvalue weighted by atomic mass is 10.1. The number of allylic oxidation sites excluding steroid dienone is 8. The van der Waals surface area contributed by atoms with Crippen molar-refractivity contribution in [3.8, 4) is 0 Å². The number of unbranched alkanes of at least 4 members (excludes halogenated alkanes) is 11. The van der Waals surface area contributed by atoms with Gasteiger partial charge in [-0.25, -0.2) is 4.57 Å². The fourth-order valence-corrected chi connectivity index (χ4v) is 5.15. The minimum Gasteiger partial charge on any atom is -0.462 e. The lowest BCUT2D eigenvalue weighted by molar-refractivity contribution is -0.161. The fourth-order valence-electron chi connectivity index (χ4n) is 4.39. The number of ether oxygens (including phenoxy) is 2. The van der Waals surface area contributed by atoms with E-state index in [1.54, 1.807) is 0 Å². The molecule has 0 heterocycles. The molecular weight excluding hydrogens is 605 g/mol. The van der Waals surface area contributed by atoms with Gasteiger partial charge in [-0.15, -0.1) is 0 Å². The number of carbonyl (C=O) groups excluding carboxylic acids is 2. The van der Waals surface area contributed by atoms with Crippen LogP contribution in [-0.2, 0) is 32.7 Å². The molecule has 0 aromatic rings. The number of hydrogen-bond donors (Lipinski definition) is 2. The van der Waals surface area contributed by atoms with Crippen LogP contribution in [-0.4, -0.2) is 49.3 Å². The Kier molecular flexibility index (Phi) is 31.4. The van der Waals surface area contributed by atoms with Crippen molar-refractivity contribution >= 4 is 19.8 Å². The van der Waals surface area contributed by atoms with Crippen molar-refractivity contribution in [3.05, 3.63) is 48.6 Å². The number of rotatable bonds is 32. The maximum absolute atomic E-state index is 12.5. The zero-order valence-corrected chi connectivity index (χ0v) is 29.7. The molecule has 0 aromatic heterocycles. The van der Waals surface area contributed by atoms with Gasteiger partial charge in [-0.3, -0.25) is 18.6 Å². The molecule has 0 aromatic carbocycles. The van der Waals surface area contributed by atoms with Crippen molar-refractivity contribution in [2.75, 3.05) is 26.4 Å². The molecule has 0 saturated carbocycles. The van der Waals surface area contributed by atoms with Crippen molar-refractivity contribution in [2.24, 2.45) is 5.73 Å². The molecule has 0 spiro atoms. The Bertz CT molecular complexity index is 902. The van der Waals surface area contributed by atoms with Gasteiger partial charge in [0.1, 0.15) is 6.61 Å². The third-order valence-electron chi connectivity index (χ3n) is 6.98. The molecule has 1 unspecified atom stereocenters. The first-order valence-electron chi connectivity index (χ1n) is 17.6. The first kappa shape index (κ1) is 44.0. The predicted molar refractivity (Wildman–Crippen MR) is 187 cm³/mol. The molecule has 0 rings (SSSR count). The van der Waals surface area contributed by atoms with Crippen LogP contribution < -0.4 is 5.73 Å². The molecule has 46 heavy (non-hydrogen) atoms. The molecule has 0 bridgehead atoms. The summed E-state index contributed by atoms with van der Waals surface area (Å²) in [5.74, 6) is -0.884. The monoisotopic (exact) mass is 669 g/mol. The van der Waals surface area contributed by atoms with Crippen LogP contribution in [0.4, 0.5) is 0 Å². The number of phosphoric acid groups is 1. The van der Waals surface area contributed by atoms with E-state index >= 15 is 0 Å². The molecular formula is C36H64NO8P. The number of esters is 2. The molecule has 0 aliphatic carbocycles. The Morgan fingerprint density at radius 3 is 1.78 bits per heavy atom. The Morgan fingerprint density at radius 1 is 0.674 bits per heavy atom. The molecule has 10 heteroatoms. The van der Waals surface area contributed by atoms with Crippen LogP contribution in [0.1, 0.15) is 136 Å². The van der Waals surface area contributed by atoms with Crippen LogP contribution in [0.25, 0.3) is 0 Å². The standard InChI is InChI=1S/C36H64NO8P/c1-3-5-7-9-11-13-15-16-17-18-19-21-23-25-27-29-36(39)45-34(33-44-46(40,41)43-31-30-37)32-42-35(38)28-26-24-22-20-14-12-10-8-6-4-2/h5,7,11,13,16-17,19,21,34H,3-4,6,8-10,12,14-15,18,20,22-33,37H2,1-2H3,(H,40,41)/b7-5-,13-11-,17-16-,21-19-/t34-/m1/s1. The summed E-state index contributed by atoms with van der Waals surface area (Å²) in [4.78, 5) is 34.6. The Morgan fingerprint density at radius 2 is 1.20 bits per heavy atom. The third kappa shape index (κ3) is 31.9. The van der Waals surface area contributed by atoms with Crippen LogP contribution in [0.2, 0.25) is 0 Å². The number of carbonyl (C=O) groups is 2. The second kappa shape index (κ2) is 32.9. The van der Waals surface area contributed by atoms with Gasteiger partial charge in [0.2, 0.25) is 0 Å². The molecule has 0 amide bonds. The summed E-state index contributed by atoms with van der Waals surface area (Å²) in [6, 6.07) is 0. The summed E-state index contributed by atoms with van der Waals surface area (Å²) in [5, 5.41) is 0. The smallest absolute Gasteiger partial charge is 0.462 e. The van der Waals surface area contributed by atoms with E-state index in [0.29, 0.717) is 6.42 Å². The van der Waals surface area contributed by atoms with Gasteiger partial charge in [0.15, 0.2) is 6.10 Å². The number of phosphoric ester groups is 1. The SMILES string of the molecule is CC/C=C\C/C=C\C/C=C\C/C=C\CCCCC(=O)O[C@H](COC(=O)CCCCCCCCCCCC)COP(=O)(O)OCCN. The molecule has 0 saturated heterocycles. The van der Waals surface area contributed by atoms with Crippen LogP contribution in [0.15, 0.2) is 48.6 Å². The maximum atomic E-state index is 12.5. The number of hydrogen-bond acceptors (Lipinski definition) is 8. The second-order valence-corrected chi connectivity index (χ2v) is 12.8. The lowest BCUT2D eigenvalue weighted by Crippen LogP contribution is -2.29. The molecule has 0 fully saturated rings. The summed E-state index contributed by atoms with van der Waals surface area (Å²) in [6.07, 6.45) is 34.4. The summed E-state index contributed by atoms with van der Waals surface area (Å²) >= 11 is 0. The molecule has 9 nitrogen and oxygen atoms in total. The van der Waals surface area contributed by atoms with Crippen molar-refractivity contribution in [3.63, 3.8) is 0 Å². The highest BCUT2D eigenvalue weighted by Crippen LogP contribution is 2.43. The largest absolute Gasteiger partial charge is 0.472 e. The fraction of sp³-hybridized carbons (Fsp3) is 0.722. The van der Waals surface area contributed by atoms with Crippen LogP contribution >= 0.6 is 7.82 Å². The van der Waals surface area contributed by atoms with E-state index in [0.717, 1.165) is 57.8 Å². The van der Waals surface area contributed by atoms with E-state index in [4.69, 9.17) is 24.3 Å². The first-order valence-corrected chi connectivity index (χ1v) is 19.1.